The molecule has 1 aromatic rings. The summed E-state index contributed by atoms with van der Waals surface area (Å²) in [5.41, 5.74) is 7.54. The summed E-state index contributed by atoms with van der Waals surface area (Å²) in [4.78, 5) is 11.8. The Labute approximate surface area is 115 Å². The van der Waals surface area contributed by atoms with Gasteiger partial charge in [0.25, 0.3) is 0 Å². The molecule has 0 aliphatic rings. The highest BCUT2D eigenvalue weighted by atomic mass is 16.5. The van der Waals surface area contributed by atoms with Crippen LogP contribution in [0.4, 0.5) is 11.4 Å². The molecule has 19 heavy (non-hydrogen) atoms. The third kappa shape index (κ3) is 4.47. The molecule has 3 N–H and O–H groups in total. The zero-order valence-electron chi connectivity index (χ0n) is 12.2. The van der Waals surface area contributed by atoms with Crippen molar-refractivity contribution in [1.29, 1.82) is 0 Å². The van der Waals surface area contributed by atoms with Crippen LogP contribution in [-0.2, 0) is 4.74 Å². The quantitative estimate of drug-likeness (QED) is 0.610. The molecule has 0 saturated carbocycles. The van der Waals surface area contributed by atoms with Crippen molar-refractivity contribution in [2.45, 2.75) is 46.1 Å². The molecule has 1 rings (SSSR count). The molecule has 0 saturated heterocycles. The third-order valence-corrected chi connectivity index (χ3v) is 2.91. The molecule has 0 amide bonds. The number of nitrogen functional groups attached to an aromatic ring is 1. The maximum absolute atomic E-state index is 11.8. The van der Waals surface area contributed by atoms with Crippen molar-refractivity contribution < 1.29 is 9.53 Å². The zero-order valence-corrected chi connectivity index (χ0v) is 12.2. The van der Waals surface area contributed by atoms with Gasteiger partial charge >= 0.3 is 5.97 Å². The monoisotopic (exact) mass is 264 g/mol. The largest absolute Gasteiger partial charge is 0.462 e. The van der Waals surface area contributed by atoms with Gasteiger partial charge in [-0.15, -0.1) is 0 Å². The number of benzene rings is 1. The molecule has 0 heterocycles. The van der Waals surface area contributed by atoms with Crippen LogP contribution in [-0.4, -0.2) is 18.1 Å². The van der Waals surface area contributed by atoms with Gasteiger partial charge in [0, 0.05) is 16.9 Å². The van der Waals surface area contributed by atoms with E-state index in [1.165, 1.54) is 0 Å². The molecular formula is C15H24N2O2. The lowest BCUT2D eigenvalue weighted by atomic mass is 9.98. The summed E-state index contributed by atoms with van der Waals surface area (Å²) < 4.78 is 4.99. The first-order valence-electron chi connectivity index (χ1n) is 6.74. The maximum atomic E-state index is 11.8. The SMILES string of the molecule is CCCC(C)(C)Nc1ccc(N)c(C(=O)OCC)c1. The minimum atomic E-state index is -0.378. The number of nitrogens with one attached hydrogen (secondary N) is 1. The van der Waals surface area contributed by atoms with Crippen LogP contribution in [0.2, 0.25) is 0 Å². The van der Waals surface area contributed by atoms with Gasteiger partial charge in [-0.25, -0.2) is 4.79 Å². The molecule has 0 atom stereocenters. The molecule has 1 aromatic carbocycles. The molecule has 106 valence electrons. The number of carbonyl (C=O) groups is 1. The fraction of sp³-hybridized carbons (Fsp3) is 0.533. The molecule has 4 heteroatoms. The lowest BCUT2D eigenvalue weighted by molar-refractivity contribution is 0.0527. The predicted octanol–water partition coefficient (Wildman–Crippen LogP) is 3.44. The van der Waals surface area contributed by atoms with Crippen LogP contribution in [0, 0.1) is 0 Å². The molecule has 0 fully saturated rings. The Morgan fingerprint density at radius 2 is 2.05 bits per heavy atom. The predicted molar refractivity (Wildman–Crippen MR) is 79.4 cm³/mol. The summed E-state index contributed by atoms with van der Waals surface area (Å²) >= 11 is 0. The molecular weight excluding hydrogens is 240 g/mol. The fourth-order valence-electron chi connectivity index (χ4n) is 2.10. The molecule has 0 bridgehead atoms. The first-order valence-corrected chi connectivity index (χ1v) is 6.74. The van der Waals surface area contributed by atoms with Crippen molar-refractivity contribution in [2.24, 2.45) is 0 Å². The average molecular weight is 264 g/mol. The normalized spacial score (nSPS) is 11.2. The van der Waals surface area contributed by atoms with Gasteiger partial charge in [0.15, 0.2) is 0 Å². The van der Waals surface area contributed by atoms with Crippen LogP contribution >= 0.6 is 0 Å². The number of nitrogens with two attached hydrogens (primary N) is 1. The number of ether oxygens (including phenoxy) is 1. The highest BCUT2D eigenvalue weighted by Gasteiger charge is 2.18. The lowest BCUT2D eigenvalue weighted by Gasteiger charge is -2.27. The highest BCUT2D eigenvalue weighted by Crippen LogP contribution is 2.23. The van der Waals surface area contributed by atoms with Crippen molar-refractivity contribution in [3.05, 3.63) is 23.8 Å². The second kappa shape index (κ2) is 6.45. The number of hydrogen-bond donors (Lipinski definition) is 2. The Hall–Kier alpha value is -1.71. The number of rotatable bonds is 6. The number of hydrogen-bond acceptors (Lipinski definition) is 4. The van der Waals surface area contributed by atoms with Gasteiger partial charge in [-0.2, -0.15) is 0 Å². The Balaban J connectivity index is 2.93. The van der Waals surface area contributed by atoms with Gasteiger partial charge in [-0.3, -0.25) is 0 Å². The van der Waals surface area contributed by atoms with E-state index in [0.29, 0.717) is 17.9 Å². The van der Waals surface area contributed by atoms with E-state index in [1.54, 1.807) is 19.1 Å². The van der Waals surface area contributed by atoms with E-state index in [9.17, 15) is 4.79 Å². The summed E-state index contributed by atoms with van der Waals surface area (Å²) in [6, 6.07) is 5.37. The summed E-state index contributed by atoms with van der Waals surface area (Å²) in [6.07, 6.45) is 2.14. The van der Waals surface area contributed by atoms with E-state index in [4.69, 9.17) is 10.5 Å². The minimum Gasteiger partial charge on any atom is -0.462 e. The van der Waals surface area contributed by atoms with Crippen LogP contribution in [0.25, 0.3) is 0 Å². The Bertz CT molecular complexity index is 442. The van der Waals surface area contributed by atoms with Crippen molar-refractivity contribution in [3.8, 4) is 0 Å². The van der Waals surface area contributed by atoms with Crippen molar-refractivity contribution in [2.75, 3.05) is 17.7 Å². The van der Waals surface area contributed by atoms with Gasteiger partial charge in [0.2, 0.25) is 0 Å². The van der Waals surface area contributed by atoms with Crippen LogP contribution in [0.3, 0.4) is 0 Å². The van der Waals surface area contributed by atoms with Crippen LogP contribution < -0.4 is 11.1 Å². The topological polar surface area (TPSA) is 64.3 Å². The summed E-state index contributed by atoms with van der Waals surface area (Å²) in [7, 11) is 0. The van der Waals surface area contributed by atoms with Gasteiger partial charge in [0.05, 0.1) is 12.2 Å². The second-order valence-electron chi connectivity index (χ2n) is 5.28. The molecule has 0 radical (unpaired) electrons. The van der Waals surface area contributed by atoms with E-state index < -0.39 is 0 Å². The molecule has 0 spiro atoms. The standard InChI is InChI=1S/C15H24N2O2/c1-5-9-15(3,4)17-11-7-8-13(16)12(10-11)14(18)19-6-2/h7-8,10,17H,5-6,9,16H2,1-4H3. The first-order chi connectivity index (χ1) is 8.89. The third-order valence-electron chi connectivity index (χ3n) is 2.91. The van der Waals surface area contributed by atoms with Crippen molar-refractivity contribution in [3.63, 3.8) is 0 Å². The van der Waals surface area contributed by atoms with E-state index in [2.05, 4.69) is 26.1 Å². The van der Waals surface area contributed by atoms with E-state index >= 15 is 0 Å². The van der Waals surface area contributed by atoms with Crippen LogP contribution in [0.15, 0.2) is 18.2 Å². The molecule has 0 unspecified atom stereocenters. The van der Waals surface area contributed by atoms with Crippen molar-refractivity contribution in [1.82, 2.24) is 0 Å². The van der Waals surface area contributed by atoms with Gasteiger partial charge in [-0.1, -0.05) is 13.3 Å². The molecule has 4 nitrogen and oxygen atoms in total. The summed E-state index contributed by atoms with van der Waals surface area (Å²) in [6.45, 7) is 8.54. The Kier molecular flexibility index (Phi) is 5.21. The van der Waals surface area contributed by atoms with E-state index in [-0.39, 0.29) is 11.5 Å². The maximum Gasteiger partial charge on any atom is 0.340 e. The minimum absolute atomic E-state index is 0.0171. The van der Waals surface area contributed by atoms with Crippen molar-refractivity contribution >= 4 is 17.3 Å². The number of carbonyl (C=O) groups excluding carboxylic acids is 1. The second-order valence-corrected chi connectivity index (χ2v) is 5.28. The fourth-order valence-corrected chi connectivity index (χ4v) is 2.10. The van der Waals surface area contributed by atoms with E-state index in [0.717, 1.165) is 18.5 Å². The van der Waals surface area contributed by atoms with Gasteiger partial charge < -0.3 is 15.8 Å². The summed E-state index contributed by atoms with van der Waals surface area (Å²) in [5.74, 6) is -0.378. The van der Waals surface area contributed by atoms with Gasteiger partial charge in [-0.05, 0) is 45.4 Å². The Morgan fingerprint density at radius 1 is 1.37 bits per heavy atom. The smallest absolute Gasteiger partial charge is 0.340 e. The van der Waals surface area contributed by atoms with Crippen LogP contribution in [0.1, 0.15) is 50.9 Å². The molecule has 0 aromatic heterocycles. The molecule has 0 aliphatic heterocycles. The van der Waals surface area contributed by atoms with Crippen LogP contribution in [0.5, 0.6) is 0 Å². The zero-order chi connectivity index (χ0) is 14.5. The Morgan fingerprint density at radius 3 is 2.63 bits per heavy atom. The first kappa shape index (κ1) is 15.3. The van der Waals surface area contributed by atoms with Gasteiger partial charge in [0.1, 0.15) is 0 Å². The summed E-state index contributed by atoms with van der Waals surface area (Å²) in [5, 5.41) is 3.42. The number of anilines is 2. The molecule has 0 aliphatic carbocycles. The van der Waals surface area contributed by atoms with E-state index in [1.807, 2.05) is 6.07 Å². The number of esters is 1. The average Bonchev–Trinajstić information content (AvgIpc) is 2.31. The highest BCUT2D eigenvalue weighted by molar-refractivity contribution is 5.96. The lowest BCUT2D eigenvalue weighted by Crippen LogP contribution is -2.30.